The topological polar surface area (TPSA) is 30.7 Å². The highest BCUT2D eigenvalue weighted by molar-refractivity contribution is 7.26. The van der Waals surface area contributed by atoms with Crippen LogP contribution in [0.15, 0.2) is 140 Å². The van der Waals surface area contributed by atoms with Crippen molar-refractivity contribution in [2.24, 2.45) is 0 Å². The molecule has 9 aromatic rings. The molecule has 0 N–H and O–H groups in total. The van der Waals surface area contributed by atoms with E-state index in [-0.39, 0.29) is 0 Å². The van der Waals surface area contributed by atoms with Gasteiger partial charge in [0.2, 0.25) is 0 Å². The first-order valence-corrected chi connectivity index (χ1v) is 19.9. The molecule has 0 atom stereocenters. The Morgan fingerprint density at radius 2 is 1.23 bits per heavy atom. The van der Waals surface area contributed by atoms with Crippen molar-refractivity contribution in [3.8, 4) is 39.6 Å². The molecule has 3 aromatic heterocycles. The number of nitrogens with zero attached hydrogens (tertiary/aromatic N) is 3. The minimum atomic E-state index is -1.99. The van der Waals surface area contributed by atoms with Crippen LogP contribution in [0.5, 0.6) is 0 Å². The first-order valence-electron chi connectivity index (χ1n) is 16.1. The van der Waals surface area contributed by atoms with E-state index in [1.807, 2.05) is 11.3 Å². The molecule has 0 unspecified atom stereocenters. The molecule has 222 valence electrons. The van der Waals surface area contributed by atoms with Gasteiger partial charge in [0, 0.05) is 43.1 Å². The number of benzene rings is 6. The van der Waals surface area contributed by atoms with Crippen LogP contribution in [0.4, 0.5) is 0 Å². The van der Waals surface area contributed by atoms with Gasteiger partial charge in [-0.15, -0.1) is 11.3 Å². The molecule has 10 rings (SSSR count). The molecule has 0 radical (unpaired) electrons. The lowest BCUT2D eigenvalue weighted by Gasteiger charge is -2.21. The Hall–Kier alpha value is -5.36. The number of thiophene rings is 1. The van der Waals surface area contributed by atoms with Gasteiger partial charge >= 0.3 is 0 Å². The molecule has 0 bridgehead atoms. The highest BCUT2D eigenvalue weighted by Gasteiger charge is 2.41. The fourth-order valence-electron chi connectivity index (χ4n) is 7.81. The predicted octanol–water partition coefficient (Wildman–Crippen LogP) is 10.1. The molecule has 1 aliphatic rings. The molecule has 5 heteroatoms. The predicted molar refractivity (Wildman–Crippen MR) is 202 cm³/mol. The molecule has 0 aliphatic carbocycles. The first kappa shape index (κ1) is 26.8. The minimum Gasteiger partial charge on any atom is -0.308 e. The van der Waals surface area contributed by atoms with E-state index in [1.54, 1.807) is 0 Å². The molecule has 3 nitrogen and oxygen atoms in total. The number of aromatic nitrogens is 3. The molecule has 0 saturated carbocycles. The van der Waals surface area contributed by atoms with Gasteiger partial charge in [0.25, 0.3) is 0 Å². The van der Waals surface area contributed by atoms with Gasteiger partial charge in [-0.1, -0.05) is 116 Å². The Balaban J connectivity index is 1.19. The van der Waals surface area contributed by atoms with Crippen LogP contribution in [0.25, 0.3) is 81.6 Å². The monoisotopic (exact) mass is 635 g/mol. The summed E-state index contributed by atoms with van der Waals surface area (Å²) >= 11 is 1.88. The highest BCUT2D eigenvalue weighted by Crippen LogP contribution is 2.43. The van der Waals surface area contributed by atoms with Gasteiger partial charge in [-0.25, -0.2) is 9.97 Å². The van der Waals surface area contributed by atoms with Gasteiger partial charge in [-0.3, -0.25) is 0 Å². The van der Waals surface area contributed by atoms with E-state index in [0.29, 0.717) is 0 Å². The second-order valence-electron chi connectivity index (χ2n) is 13.0. The van der Waals surface area contributed by atoms with Crippen molar-refractivity contribution in [1.29, 1.82) is 0 Å². The number of rotatable bonds is 3. The van der Waals surface area contributed by atoms with Crippen LogP contribution < -0.4 is 10.4 Å². The summed E-state index contributed by atoms with van der Waals surface area (Å²) in [4.78, 5) is 10.7. The summed E-state index contributed by atoms with van der Waals surface area (Å²) in [5.41, 5.74) is 9.20. The molecule has 0 amide bonds. The van der Waals surface area contributed by atoms with Crippen molar-refractivity contribution >= 4 is 71.8 Å². The molecule has 1 aliphatic heterocycles. The van der Waals surface area contributed by atoms with Crippen LogP contribution in [0.3, 0.4) is 0 Å². The van der Waals surface area contributed by atoms with Crippen molar-refractivity contribution in [3.63, 3.8) is 0 Å². The average molecular weight is 636 g/mol. The highest BCUT2D eigenvalue weighted by atomic mass is 32.1. The van der Waals surface area contributed by atoms with Gasteiger partial charge in [0.1, 0.15) is 8.07 Å². The molecule has 0 fully saturated rings. The normalized spacial score (nSPS) is 13.5. The van der Waals surface area contributed by atoms with Crippen molar-refractivity contribution in [2.45, 2.75) is 13.1 Å². The van der Waals surface area contributed by atoms with E-state index in [1.165, 1.54) is 57.9 Å². The molecule has 0 spiro atoms. The summed E-state index contributed by atoms with van der Waals surface area (Å²) in [7, 11) is -1.99. The second kappa shape index (κ2) is 9.82. The molecule has 4 heterocycles. The van der Waals surface area contributed by atoms with Gasteiger partial charge < -0.3 is 4.57 Å². The zero-order valence-electron chi connectivity index (χ0n) is 26.0. The maximum absolute atomic E-state index is 5.34. The lowest BCUT2D eigenvalue weighted by molar-refractivity contribution is 1.17. The summed E-state index contributed by atoms with van der Waals surface area (Å²) in [6, 6.07) is 50.4. The van der Waals surface area contributed by atoms with Gasteiger partial charge in [0.05, 0.1) is 27.1 Å². The summed E-state index contributed by atoms with van der Waals surface area (Å²) in [5, 5.41) is 7.95. The van der Waals surface area contributed by atoms with Gasteiger partial charge in [0.15, 0.2) is 5.82 Å². The SMILES string of the molecule is C[Si]1(C)c2ccccc2-c2nc(-c3ccc(-n4c5ccccc5c5ccc6c7ccccc7sc6c54)cc3)nc(-c3ccccc3)c21. The van der Waals surface area contributed by atoms with Crippen LogP contribution in [-0.4, -0.2) is 22.6 Å². The number of fused-ring (bicyclic) bond motifs is 10. The Morgan fingerprint density at radius 3 is 2.09 bits per heavy atom. The largest absolute Gasteiger partial charge is 0.308 e. The maximum atomic E-state index is 5.34. The van der Waals surface area contributed by atoms with Crippen LogP contribution >= 0.6 is 11.3 Å². The van der Waals surface area contributed by atoms with Crippen LogP contribution in [0.1, 0.15) is 0 Å². The maximum Gasteiger partial charge on any atom is 0.160 e. The van der Waals surface area contributed by atoms with Crippen molar-refractivity contribution < 1.29 is 0 Å². The molecule has 0 saturated heterocycles. The average Bonchev–Trinajstić information content (AvgIpc) is 3.74. The molecule has 47 heavy (non-hydrogen) atoms. The third-order valence-corrected chi connectivity index (χ3v) is 14.7. The third kappa shape index (κ3) is 3.78. The van der Waals surface area contributed by atoms with E-state index < -0.39 is 8.07 Å². The zero-order chi connectivity index (χ0) is 31.3. The zero-order valence-corrected chi connectivity index (χ0v) is 27.8. The Morgan fingerprint density at radius 1 is 0.553 bits per heavy atom. The lowest BCUT2D eigenvalue weighted by atomic mass is 10.1. The number of hydrogen-bond donors (Lipinski definition) is 0. The number of hydrogen-bond acceptors (Lipinski definition) is 3. The smallest absolute Gasteiger partial charge is 0.160 e. The third-order valence-electron chi connectivity index (χ3n) is 10.00. The Kier molecular flexibility index (Phi) is 5.60. The van der Waals surface area contributed by atoms with Crippen LogP contribution in [-0.2, 0) is 0 Å². The first-order chi connectivity index (χ1) is 23.1. The van der Waals surface area contributed by atoms with Crippen LogP contribution in [0, 0.1) is 0 Å². The van der Waals surface area contributed by atoms with Gasteiger partial charge in [-0.05, 0) is 52.3 Å². The fraction of sp³-hybridized carbons (Fsp3) is 0.0476. The van der Waals surface area contributed by atoms with E-state index in [4.69, 9.17) is 9.97 Å². The summed E-state index contributed by atoms with van der Waals surface area (Å²) in [6.07, 6.45) is 0. The Labute approximate surface area is 277 Å². The Bertz CT molecular complexity index is 2700. The number of para-hydroxylation sites is 1. The summed E-state index contributed by atoms with van der Waals surface area (Å²) in [5.74, 6) is 0.768. The quantitative estimate of drug-likeness (QED) is 0.181. The molecule has 6 aromatic carbocycles. The van der Waals surface area contributed by atoms with E-state index >= 15 is 0 Å². The summed E-state index contributed by atoms with van der Waals surface area (Å²) < 4.78 is 5.08. The summed E-state index contributed by atoms with van der Waals surface area (Å²) in [6.45, 7) is 4.86. The van der Waals surface area contributed by atoms with E-state index in [0.717, 1.165) is 34.0 Å². The van der Waals surface area contributed by atoms with Crippen molar-refractivity contribution in [3.05, 3.63) is 140 Å². The molecular weight excluding hydrogens is 607 g/mol. The standard InChI is InChI=1S/C42H29N3SSi/c1-47(2)36-19-11-8-16-33(36)38-41(47)37(26-12-4-3-5-13-26)43-42(44-38)27-20-22-28(23-21-27)45-34-17-9-6-14-29(34)31-24-25-32-30-15-7-10-18-35(30)46-40(32)39(31)45/h3-25H,1-2H3. The minimum absolute atomic E-state index is 0.768. The van der Waals surface area contributed by atoms with E-state index in [2.05, 4.69) is 157 Å². The van der Waals surface area contributed by atoms with Crippen molar-refractivity contribution in [2.75, 3.05) is 0 Å². The molecular formula is C42H29N3SSi. The van der Waals surface area contributed by atoms with E-state index in [9.17, 15) is 0 Å². The lowest BCUT2D eigenvalue weighted by Crippen LogP contribution is -2.50. The van der Waals surface area contributed by atoms with Crippen LogP contribution in [0.2, 0.25) is 13.1 Å². The van der Waals surface area contributed by atoms with Crippen molar-refractivity contribution in [1.82, 2.24) is 14.5 Å². The van der Waals surface area contributed by atoms with Gasteiger partial charge in [-0.2, -0.15) is 0 Å². The fourth-order valence-corrected chi connectivity index (χ4v) is 12.3. The second-order valence-corrected chi connectivity index (χ2v) is 18.3.